The van der Waals surface area contributed by atoms with Gasteiger partial charge in [-0.15, -0.1) is 0 Å². The third kappa shape index (κ3) is 4.57. The van der Waals surface area contributed by atoms with Crippen molar-refractivity contribution >= 4 is 12.0 Å². The summed E-state index contributed by atoms with van der Waals surface area (Å²) < 4.78 is 23.3. The van der Waals surface area contributed by atoms with Crippen molar-refractivity contribution in [2.45, 2.75) is 6.54 Å². The summed E-state index contributed by atoms with van der Waals surface area (Å²) in [6.45, 7) is 0.332. The molecule has 0 aromatic heterocycles. The number of ether oxygens (including phenoxy) is 2. The molecule has 5 heteroatoms. The van der Waals surface area contributed by atoms with Crippen LogP contribution in [0.15, 0.2) is 48.5 Å². The first-order valence-electron chi connectivity index (χ1n) is 7.05. The van der Waals surface area contributed by atoms with Gasteiger partial charge in [-0.25, -0.2) is 4.39 Å². The van der Waals surface area contributed by atoms with E-state index in [0.717, 1.165) is 11.1 Å². The van der Waals surface area contributed by atoms with Gasteiger partial charge in [0, 0.05) is 18.2 Å². The highest BCUT2D eigenvalue weighted by Crippen LogP contribution is 2.31. The van der Waals surface area contributed by atoms with Crippen LogP contribution in [0.2, 0.25) is 0 Å². The number of para-hydroxylation sites is 1. The van der Waals surface area contributed by atoms with Gasteiger partial charge in [0.05, 0.1) is 14.2 Å². The van der Waals surface area contributed by atoms with Gasteiger partial charge in [0.25, 0.3) is 0 Å². The fourth-order valence-electron chi connectivity index (χ4n) is 2.06. The highest BCUT2D eigenvalue weighted by atomic mass is 19.1. The average Bonchev–Trinajstić information content (AvgIpc) is 2.58. The Labute approximate surface area is 134 Å². The molecule has 0 saturated carbocycles. The summed E-state index contributed by atoms with van der Waals surface area (Å²) in [5, 5.41) is 2.73. The molecule has 23 heavy (non-hydrogen) atoms. The first kappa shape index (κ1) is 16.5. The molecule has 0 aliphatic rings. The maximum Gasteiger partial charge on any atom is 0.244 e. The fraction of sp³-hybridized carbons (Fsp3) is 0.167. The van der Waals surface area contributed by atoms with Crippen LogP contribution in [0.25, 0.3) is 6.08 Å². The van der Waals surface area contributed by atoms with Crippen LogP contribution in [0.5, 0.6) is 11.5 Å². The number of methoxy groups -OCH3 is 2. The lowest BCUT2D eigenvalue weighted by atomic mass is 10.1. The molecule has 4 nitrogen and oxygen atoms in total. The Balaban J connectivity index is 1.99. The van der Waals surface area contributed by atoms with Crippen molar-refractivity contribution in [1.29, 1.82) is 0 Å². The molecule has 0 aliphatic heterocycles. The van der Waals surface area contributed by atoms with Crippen LogP contribution in [0.4, 0.5) is 4.39 Å². The second-order valence-corrected chi connectivity index (χ2v) is 4.76. The van der Waals surface area contributed by atoms with E-state index in [1.165, 1.54) is 18.2 Å². The zero-order chi connectivity index (χ0) is 16.7. The first-order chi connectivity index (χ1) is 11.1. The van der Waals surface area contributed by atoms with Crippen LogP contribution in [0.3, 0.4) is 0 Å². The summed E-state index contributed by atoms with van der Waals surface area (Å²) in [4.78, 5) is 11.9. The zero-order valence-corrected chi connectivity index (χ0v) is 13.0. The SMILES string of the molecule is COc1cccc(/C=C/C(=O)NCc2ccc(F)cc2)c1OC. The maximum absolute atomic E-state index is 12.8. The number of hydrogen-bond acceptors (Lipinski definition) is 3. The van der Waals surface area contributed by atoms with E-state index in [1.54, 1.807) is 38.5 Å². The van der Waals surface area contributed by atoms with Crippen molar-refractivity contribution in [3.05, 3.63) is 65.5 Å². The van der Waals surface area contributed by atoms with Gasteiger partial charge in [-0.1, -0.05) is 24.3 Å². The number of benzene rings is 2. The van der Waals surface area contributed by atoms with Crippen LogP contribution in [-0.2, 0) is 11.3 Å². The molecule has 2 aromatic carbocycles. The summed E-state index contributed by atoms with van der Waals surface area (Å²) in [5.41, 5.74) is 1.57. The number of halogens is 1. The minimum Gasteiger partial charge on any atom is -0.493 e. The van der Waals surface area contributed by atoms with Crippen LogP contribution < -0.4 is 14.8 Å². The monoisotopic (exact) mass is 315 g/mol. The lowest BCUT2D eigenvalue weighted by Crippen LogP contribution is -2.20. The Morgan fingerprint density at radius 2 is 1.87 bits per heavy atom. The van der Waals surface area contributed by atoms with Gasteiger partial charge in [-0.05, 0) is 29.8 Å². The Hall–Kier alpha value is -2.82. The van der Waals surface area contributed by atoms with Gasteiger partial charge in [-0.2, -0.15) is 0 Å². The molecule has 0 spiro atoms. The zero-order valence-electron chi connectivity index (χ0n) is 13.0. The smallest absolute Gasteiger partial charge is 0.244 e. The molecule has 0 atom stereocenters. The maximum atomic E-state index is 12.8. The van der Waals surface area contributed by atoms with E-state index in [1.807, 2.05) is 12.1 Å². The highest BCUT2D eigenvalue weighted by Gasteiger charge is 2.07. The van der Waals surface area contributed by atoms with Crippen molar-refractivity contribution in [1.82, 2.24) is 5.32 Å². The summed E-state index contributed by atoms with van der Waals surface area (Å²) in [6, 6.07) is 11.4. The number of nitrogens with one attached hydrogen (secondary N) is 1. The molecule has 1 N–H and O–H groups in total. The summed E-state index contributed by atoms with van der Waals surface area (Å²) in [7, 11) is 3.10. The van der Waals surface area contributed by atoms with Crippen molar-refractivity contribution < 1.29 is 18.7 Å². The predicted molar refractivity (Wildman–Crippen MR) is 86.8 cm³/mol. The van der Waals surface area contributed by atoms with Gasteiger partial charge < -0.3 is 14.8 Å². The molecular formula is C18H18FNO3. The van der Waals surface area contributed by atoms with Gasteiger partial charge in [0.15, 0.2) is 11.5 Å². The van der Waals surface area contributed by atoms with E-state index in [0.29, 0.717) is 18.0 Å². The minimum atomic E-state index is -0.301. The van der Waals surface area contributed by atoms with Crippen LogP contribution in [0, 0.1) is 5.82 Å². The first-order valence-corrected chi connectivity index (χ1v) is 7.05. The quantitative estimate of drug-likeness (QED) is 0.833. The van der Waals surface area contributed by atoms with Gasteiger partial charge in [-0.3, -0.25) is 4.79 Å². The number of hydrogen-bond donors (Lipinski definition) is 1. The summed E-state index contributed by atoms with van der Waals surface area (Å²) >= 11 is 0. The van der Waals surface area contributed by atoms with Crippen molar-refractivity contribution in [2.75, 3.05) is 14.2 Å². The second-order valence-electron chi connectivity index (χ2n) is 4.76. The normalized spacial score (nSPS) is 10.6. The molecular weight excluding hydrogens is 297 g/mol. The van der Waals surface area contributed by atoms with Crippen LogP contribution in [0.1, 0.15) is 11.1 Å². The largest absolute Gasteiger partial charge is 0.493 e. The van der Waals surface area contributed by atoms with E-state index >= 15 is 0 Å². The second kappa shape index (κ2) is 7.98. The molecule has 0 fully saturated rings. The average molecular weight is 315 g/mol. The molecule has 0 saturated heterocycles. The molecule has 120 valence electrons. The number of carbonyl (C=O) groups excluding carboxylic acids is 1. The van der Waals surface area contributed by atoms with Crippen molar-refractivity contribution in [3.63, 3.8) is 0 Å². The minimum absolute atomic E-state index is 0.251. The summed E-state index contributed by atoms with van der Waals surface area (Å²) in [6.07, 6.45) is 3.07. The Morgan fingerprint density at radius 3 is 2.52 bits per heavy atom. The standard InChI is InChI=1S/C18H18FNO3/c1-22-16-5-3-4-14(18(16)23-2)8-11-17(21)20-12-13-6-9-15(19)10-7-13/h3-11H,12H2,1-2H3,(H,20,21)/b11-8+. The molecule has 0 aliphatic carbocycles. The molecule has 2 aromatic rings. The topological polar surface area (TPSA) is 47.6 Å². The van der Waals surface area contributed by atoms with Crippen molar-refractivity contribution in [2.24, 2.45) is 0 Å². The van der Waals surface area contributed by atoms with Crippen molar-refractivity contribution in [3.8, 4) is 11.5 Å². The van der Waals surface area contributed by atoms with E-state index in [4.69, 9.17) is 9.47 Å². The molecule has 0 radical (unpaired) electrons. The molecule has 0 unspecified atom stereocenters. The lowest BCUT2D eigenvalue weighted by Gasteiger charge is -2.09. The number of amides is 1. The highest BCUT2D eigenvalue weighted by molar-refractivity contribution is 5.92. The van der Waals surface area contributed by atoms with E-state index < -0.39 is 0 Å². The number of rotatable bonds is 6. The summed E-state index contributed by atoms with van der Waals surface area (Å²) in [5.74, 6) is 0.614. The predicted octanol–water partition coefficient (Wildman–Crippen LogP) is 3.17. The Bertz CT molecular complexity index is 696. The van der Waals surface area contributed by atoms with E-state index in [9.17, 15) is 9.18 Å². The molecule has 0 bridgehead atoms. The molecule has 2 rings (SSSR count). The van der Waals surface area contributed by atoms with Crippen LogP contribution in [-0.4, -0.2) is 20.1 Å². The molecule has 0 heterocycles. The van der Waals surface area contributed by atoms with Gasteiger partial charge in [0.2, 0.25) is 5.91 Å². The van der Waals surface area contributed by atoms with E-state index in [-0.39, 0.29) is 11.7 Å². The Kier molecular flexibility index (Phi) is 5.74. The lowest BCUT2D eigenvalue weighted by molar-refractivity contribution is -0.116. The van der Waals surface area contributed by atoms with Gasteiger partial charge >= 0.3 is 0 Å². The van der Waals surface area contributed by atoms with E-state index in [2.05, 4.69) is 5.32 Å². The number of carbonyl (C=O) groups is 1. The Morgan fingerprint density at radius 1 is 1.13 bits per heavy atom. The third-order valence-electron chi connectivity index (χ3n) is 3.23. The third-order valence-corrected chi connectivity index (χ3v) is 3.23. The molecule has 1 amide bonds. The van der Waals surface area contributed by atoms with Crippen LogP contribution >= 0.6 is 0 Å². The van der Waals surface area contributed by atoms with Gasteiger partial charge in [0.1, 0.15) is 5.82 Å². The fourth-order valence-corrected chi connectivity index (χ4v) is 2.06.